The standard InChI is InChI=1S/C11H20ClNO/c1-11(2,3)8-5-6-10(13-14-4)9(12)7-8/h8-9H,5-7H2,1-4H3/b13-10+/t8-,9-/m1/s1. The highest BCUT2D eigenvalue weighted by molar-refractivity contribution is 6.32. The highest BCUT2D eigenvalue weighted by Crippen LogP contribution is 2.38. The van der Waals surface area contributed by atoms with Gasteiger partial charge < -0.3 is 4.84 Å². The Morgan fingerprint density at radius 1 is 1.43 bits per heavy atom. The normalized spacial score (nSPS) is 31.9. The van der Waals surface area contributed by atoms with Crippen molar-refractivity contribution in [1.29, 1.82) is 0 Å². The fraction of sp³-hybridized carbons (Fsp3) is 0.909. The van der Waals surface area contributed by atoms with E-state index in [-0.39, 0.29) is 5.38 Å². The fourth-order valence-corrected chi connectivity index (χ4v) is 2.35. The quantitative estimate of drug-likeness (QED) is 0.487. The monoisotopic (exact) mass is 217 g/mol. The average Bonchev–Trinajstić information content (AvgIpc) is 2.07. The molecule has 0 aromatic rings. The molecule has 1 aliphatic carbocycles. The first-order chi connectivity index (χ1) is 6.45. The maximum absolute atomic E-state index is 6.25. The van der Waals surface area contributed by atoms with Crippen LogP contribution in [0.3, 0.4) is 0 Å². The average molecular weight is 218 g/mol. The summed E-state index contributed by atoms with van der Waals surface area (Å²) in [4.78, 5) is 4.78. The molecule has 0 heterocycles. The fourth-order valence-electron chi connectivity index (χ4n) is 1.99. The van der Waals surface area contributed by atoms with Crippen molar-refractivity contribution in [1.82, 2.24) is 0 Å². The van der Waals surface area contributed by atoms with Crippen molar-refractivity contribution < 1.29 is 4.84 Å². The summed E-state index contributed by atoms with van der Waals surface area (Å²) >= 11 is 6.25. The Hall–Kier alpha value is -0.240. The third-order valence-corrected chi connectivity index (χ3v) is 3.47. The second-order valence-electron chi connectivity index (χ2n) is 5.07. The van der Waals surface area contributed by atoms with E-state index >= 15 is 0 Å². The minimum Gasteiger partial charge on any atom is -0.399 e. The topological polar surface area (TPSA) is 21.6 Å². The number of hydrogen-bond donors (Lipinski definition) is 0. The van der Waals surface area contributed by atoms with Crippen LogP contribution in [0, 0.1) is 11.3 Å². The molecule has 1 saturated carbocycles. The first-order valence-electron chi connectivity index (χ1n) is 5.19. The predicted octanol–water partition coefficient (Wildman–Crippen LogP) is 3.44. The van der Waals surface area contributed by atoms with Gasteiger partial charge in [0, 0.05) is 0 Å². The number of oxime groups is 1. The molecule has 2 nitrogen and oxygen atoms in total. The van der Waals surface area contributed by atoms with Gasteiger partial charge in [-0.2, -0.15) is 0 Å². The summed E-state index contributed by atoms with van der Waals surface area (Å²) in [6.45, 7) is 6.83. The van der Waals surface area contributed by atoms with Gasteiger partial charge in [0.1, 0.15) is 7.11 Å². The highest BCUT2D eigenvalue weighted by Gasteiger charge is 2.33. The largest absolute Gasteiger partial charge is 0.399 e. The molecule has 0 radical (unpaired) electrons. The smallest absolute Gasteiger partial charge is 0.106 e. The lowest BCUT2D eigenvalue weighted by molar-refractivity contribution is 0.193. The number of alkyl halides is 1. The van der Waals surface area contributed by atoms with Crippen LogP contribution in [0.25, 0.3) is 0 Å². The van der Waals surface area contributed by atoms with E-state index in [9.17, 15) is 0 Å². The molecule has 82 valence electrons. The van der Waals surface area contributed by atoms with Gasteiger partial charge in [0.25, 0.3) is 0 Å². The summed E-state index contributed by atoms with van der Waals surface area (Å²) in [5, 5.41) is 4.03. The van der Waals surface area contributed by atoms with Gasteiger partial charge in [-0.15, -0.1) is 11.6 Å². The Bertz CT molecular complexity index is 220. The molecule has 1 fully saturated rings. The predicted molar refractivity (Wildman–Crippen MR) is 60.9 cm³/mol. The molecule has 0 aromatic heterocycles. The molecule has 0 bridgehead atoms. The van der Waals surface area contributed by atoms with Gasteiger partial charge >= 0.3 is 0 Å². The van der Waals surface area contributed by atoms with Crippen LogP contribution >= 0.6 is 11.6 Å². The molecular formula is C11H20ClNO. The Labute approximate surface area is 91.6 Å². The van der Waals surface area contributed by atoms with Crippen LogP contribution in [-0.2, 0) is 4.84 Å². The summed E-state index contributed by atoms with van der Waals surface area (Å²) in [7, 11) is 1.58. The van der Waals surface area contributed by atoms with E-state index in [1.807, 2.05) is 0 Å². The second-order valence-corrected chi connectivity index (χ2v) is 5.60. The summed E-state index contributed by atoms with van der Waals surface area (Å²) in [5.41, 5.74) is 1.36. The van der Waals surface area contributed by atoms with Gasteiger partial charge in [0.15, 0.2) is 0 Å². The zero-order valence-electron chi connectivity index (χ0n) is 9.51. The first-order valence-corrected chi connectivity index (χ1v) is 5.62. The van der Waals surface area contributed by atoms with Crippen LogP contribution in [0.5, 0.6) is 0 Å². The van der Waals surface area contributed by atoms with Crippen LogP contribution in [0.4, 0.5) is 0 Å². The van der Waals surface area contributed by atoms with Crippen LogP contribution < -0.4 is 0 Å². The summed E-state index contributed by atoms with van der Waals surface area (Å²) in [6.07, 6.45) is 3.17. The Balaban J connectivity index is 2.60. The van der Waals surface area contributed by atoms with E-state index < -0.39 is 0 Å². The molecule has 1 rings (SSSR count). The minimum absolute atomic E-state index is 0.0629. The van der Waals surface area contributed by atoms with Crippen LogP contribution in [0.15, 0.2) is 5.16 Å². The molecule has 3 heteroatoms. The minimum atomic E-state index is 0.0629. The lowest BCUT2D eigenvalue weighted by Crippen LogP contribution is -2.32. The maximum Gasteiger partial charge on any atom is 0.106 e. The summed E-state index contributed by atoms with van der Waals surface area (Å²) in [5.74, 6) is 0.695. The number of rotatable bonds is 1. The van der Waals surface area contributed by atoms with Crippen LogP contribution in [0.1, 0.15) is 40.0 Å². The molecule has 2 atom stereocenters. The van der Waals surface area contributed by atoms with Crippen LogP contribution in [-0.4, -0.2) is 18.2 Å². The van der Waals surface area contributed by atoms with Crippen molar-refractivity contribution in [2.24, 2.45) is 16.5 Å². The molecule has 14 heavy (non-hydrogen) atoms. The van der Waals surface area contributed by atoms with Crippen molar-refractivity contribution >= 4 is 17.3 Å². The molecule has 0 aromatic carbocycles. The Kier molecular flexibility index (Phi) is 3.82. The lowest BCUT2D eigenvalue weighted by Gasteiger charge is -2.36. The van der Waals surface area contributed by atoms with Gasteiger partial charge in [-0.25, -0.2) is 0 Å². The Morgan fingerprint density at radius 2 is 2.07 bits per heavy atom. The van der Waals surface area contributed by atoms with Gasteiger partial charge in [-0.3, -0.25) is 0 Å². The van der Waals surface area contributed by atoms with Gasteiger partial charge in [0.05, 0.1) is 11.1 Å². The van der Waals surface area contributed by atoms with E-state index in [1.54, 1.807) is 7.11 Å². The van der Waals surface area contributed by atoms with Crippen molar-refractivity contribution in [2.45, 2.75) is 45.4 Å². The zero-order chi connectivity index (χ0) is 10.8. The molecule has 0 N–H and O–H groups in total. The number of halogens is 1. The molecule has 0 spiro atoms. The SMILES string of the molecule is CO/N=C1\CC[C@@H](C(C)(C)C)C[C@H]1Cl. The first kappa shape index (κ1) is 11.8. The third kappa shape index (κ3) is 2.88. The molecular weight excluding hydrogens is 198 g/mol. The lowest BCUT2D eigenvalue weighted by atomic mass is 9.72. The molecule has 0 amide bonds. The van der Waals surface area contributed by atoms with Gasteiger partial charge in [-0.05, 0) is 30.6 Å². The van der Waals surface area contributed by atoms with E-state index in [1.165, 1.54) is 6.42 Å². The van der Waals surface area contributed by atoms with Gasteiger partial charge in [-0.1, -0.05) is 25.9 Å². The van der Waals surface area contributed by atoms with E-state index in [4.69, 9.17) is 16.4 Å². The molecule has 0 saturated heterocycles. The third-order valence-electron chi connectivity index (χ3n) is 3.04. The van der Waals surface area contributed by atoms with Crippen molar-refractivity contribution in [2.75, 3.05) is 7.11 Å². The Morgan fingerprint density at radius 3 is 2.50 bits per heavy atom. The number of hydrogen-bond acceptors (Lipinski definition) is 2. The second kappa shape index (κ2) is 4.52. The van der Waals surface area contributed by atoms with Crippen molar-refractivity contribution in [3.63, 3.8) is 0 Å². The van der Waals surface area contributed by atoms with E-state index in [0.29, 0.717) is 11.3 Å². The zero-order valence-corrected chi connectivity index (χ0v) is 10.3. The highest BCUT2D eigenvalue weighted by atomic mass is 35.5. The van der Waals surface area contributed by atoms with Crippen molar-refractivity contribution in [3.8, 4) is 0 Å². The van der Waals surface area contributed by atoms with E-state index in [2.05, 4.69) is 25.9 Å². The molecule has 0 aliphatic heterocycles. The maximum atomic E-state index is 6.25. The van der Waals surface area contributed by atoms with Crippen molar-refractivity contribution in [3.05, 3.63) is 0 Å². The summed E-state index contributed by atoms with van der Waals surface area (Å²) < 4.78 is 0. The van der Waals surface area contributed by atoms with Crippen LogP contribution in [0.2, 0.25) is 0 Å². The van der Waals surface area contributed by atoms with E-state index in [0.717, 1.165) is 18.6 Å². The number of nitrogens with zero attached hydrogens (tertiary/aromatic N) is 1. The molecule has 1 aliphatic rings. The molecule has 0 unspecified atom stereocenters. The summed E-state index contributed by atoms with van der Waals surface area (Å²) in [6, 6.07) is 0. The van der Waals surface area contributed by atoms with Gasteiger partial charge in [0.2, 0.25) is 0 Å².